The van der Waals surface area contributed by atoms with E-state index in [-0.39, 0.29) is 38.4 Å². The van der Waals surface area contributed by atoms with Crippen molar-refractivity contribution in [1.29, 1.82) is 0 Å². The molecule has 2 aromatic rings. The highest BCUT2D eigenvalue weighted by Gasteiger charge is 2.24. The van der Waals surface area contributed by atoms with Gasteiger partial charge >= 0.3 is 11.9 Å². The number of benzene rings is 1. The molecule has 2 rings (SSSR count). The zero-order valence-corrected chi connectivity index (χ0v) is 16.2. The lowest BCUT2D eigenvalue weighted by atomic mass is 10.1. The molecule has 2 atom stereocenters. The lowest BCUT2D eigenvalue weighted by Gasteiger charge is -2.17. The van der Waals surface area contributed by atoms with Gasteiger partial charge in [-0.1, -0.05) is 18.2 Å². The number of para-hydroxylation sites is 1. The van der Waals surface area contributed by atoms with Crippen LogP contribution in [0, 0.1) is 0 Å². The summed E-state index contributed by atoms with van der Waals surface area (Å²) in [6, 6.07) is 7.97. The minimum atomic E-state index is -0.875. The molecule has 1 aromatic carbocycles. The molecule has 0 fully saturated rings. The molecule has 0 unspecified atom stereocenters. The summed E-state index contributed by atoms with van der Waals surface area (Å²) in [5, 5.41) is 3.70. The quantitative estimate of drug-likeness (QED) is 0.528. The van der Waals surface area contributed by atoms with Crippen molar-refractivity contribution in [3.05, 3.63) is 36.0 Å². The number of carbonyl (C=O) groups is 3. The van der Waals surface area contributed by atoms with Gasteiger partial charge in [0.2, 0.25) is 5.91 Å². The molecule has 8 heteroatoms. The Balaban J connectivity index is 1.99. The molecular formula is C20H27N3O5. The number of ether oxygens (including phenoxy) is 2. The minimum Gasteiger partial charge on any atom is -0.465 e. The Kier molecular flexibility index (Phi) is 8.01. The fourth-order valence-corrected chi connectivity index (χ4v) is 2.82. The summed E-state index contributed by atoms with van der Waals surface area (Å²) in [6.45, 7) is 3.84. The van der Waals surface area contributed by atoms with E-state index in [0.717, 1.165) is 16.6 Å². The molecule has 1 amide bonds. The second-order valence-corrected chi connectivity index (χ2v) is 6.36. The highest BCUT2D eigenvalue weighted by Crippen LogP contribution is 2.16. The molecule has 28 heavy (non-hydrogen) atoms. The minimum absolute atomic E-state index is 0.00257. The molecule has 0 bridgehead atoms. The Morgan fingerprint density at radius 3 is 2.46 bits per heavy atom. The average molecular weight is 389 g/mol. The van der Waals surface area contributed by atoms with Crippen molar-refractivity contribution < 1.29 is 23.9 Å². The fraction of sp³-hybridized carbons (Fsp3) is 0.450. The van der Waals surface area contributed by atoms with E-state index in [1.807, 2.05) is 30.3 Å². The molecule has 0 aliphatic rings. The number of amides is 1. The standard InChI is InChI=1S/C20H27N3O5/c1-3-27-19(25)15(21)9-10-18(24)23-17(20(26)28-4-2)12-14-11-13-7-5-6-8-16(13)22-14/h5-8,11,15,17,22H,3-4,9-10,12,21H2,1-2H3,(H,23,24)/t15-,17-/m1/s1. The zero-order valence-electron chi connectivity index (χ0n) is 16.2. The second-order valence-electron chi connectivity index (χ2n) is 6.36. The van der Waals surface area contributed by atoms with Gasteiger partial charge in [0, 0.05) is 24.1 Å². The van der Waals surface area contributed by atoms with Crippen LogP contribution in [0.15, 0.2) is 30.3 Å². The van der Waals surface area contributed by atoms with Crippen LogP contribution in [-0.4, -0.2) is 48.1 Å². The van der Waals surface area contributed by atoms with Gasteiger partial charge in [-0.05, 0) is 37.8 Å². The summed E-state index contributed by atoms with van der Waals surface area (Å²) in [5.41, 5.74) is 7.46. The van der Waals surface area contributed by atoms with E-state index in [0.29, 0.717) is 0 Å². The number of nitrogens with two attached hydrogens (primary N) is 1. The number of hydrogen-bond donors (Lipinski definition) is 3. The van der Waals surface area contributed by atoms with Crippen molar-refractivity contribution in [3.8, 4) is 0 Å². The van der Waals surface area contributed by atoms with E-state index in [2.05, 4.69) is 10.3 Å². The molecule has 0 spiro atoms. The molecule has 1 aromatic heterocycles. The third-order valence-electron chi connectivity index (χ3n) is 4.19. The van der Waals surface area contributed by atoms with E-state index in [1.165, 1.54) is 0 Å². The number of esters is 2. The maximum atomic E-state index is 12.3. The van der Waals surface area contributed by atoms with Crippen LogP contribution in [0.1, 0.15) is 32.4 Å². The monoisotopic (exact) mass is 389 g/mol. The zero-order chi connectivity index (χ0) is 20.5. The Morgan fingerprint density at radius 2 is 1.79 bits per heavy atom. The lowest BCUT2D eigenvalue weighted by molar-refractivity contribution is -0.148. The Labute approximate surface area is 163 Å². The summed E-state index contributed by atoms with van der Waals surface area (Å²) in [5.74, 6) is -1.44. The summed E-state index contributed by atoms with van der Waals surface area (Å²) < 4.78 is 9.90. The number of aromatic amines is 1. The van der Waals surface area contributed by atoms with Gasteiger partial charge in [-0.2, -0.15) is 0 Å². The largest absolute Gasteiger partial charge is 0.465 e. The highest BCUT2D eigenvalue weighted by atomic mass is 16.5. The van der Waals surface area contributed by atoms with Gasteiger partial charge in [0.05, 0.1) is 13.2 Å². The first kappa shape index (κ1) is 21.4. The normalized spacial score (nSPS) is 13.0. The summed E-state index contributed by atoms with van der Waals surface area (Å²) in [6.07, 6.45) is 0.401. The van der Waals surface area contributed by atoms with Crippen LogP contribution in [0.3, 0.4) is 0 Å². The molecule has 0 aliphatic heterocycles. The molecule has 0 aliphatic carbocycles. The topological polar surface area (TPSA) is 124 Å². The van der Waals surface area contributed by atoms with Gasteiger partial charge in [-0.25, -0.2) is 4.79 Å². The first-order chi connectivity index (χ1) is 13.4. The molecule has 0 saturated carbocycles. The maximum absolute atomic E-state index is 12.3. The SMILES string of the molecule is CCOC(=O)[C@H](N)CCC(=O)N[C@H](Cc1cc2ccccc2[nH]1)C(=O)OCC. The van der Waals surface area contributed by atoms with Crippen molar-refractivity contribution in [2.45, 2.75) is 45.2 Å². The van der Waals surface area contributed by atoms with E-state index in [4.69, 9.17) is 15.2 Å². The summed E-state index contributed by atoms with van der Waals surface area (Å²) >= 11 is 0. The number of H-pyrrole nitrogens is 1. The van der Waals surface area contributed by atoms with Crippen molar-refractivity contribution >= 4 is 28.7 Å². The van der Waals surface area contributed by atoms with Gasteiger partial charge in [-0.3, -0.25) is 9.59 Å². The van der Waals surface area contributed by atoms with Gasteiger partial charge in [0.1, 0.15) is 12.1 Å². The number of carbonyl (C=O) groups excluding carboxylic acids is 3. The molecule has 152 valence electrons. The number of aromatic nitrogens is 1. The van der Waals surface area contributed by atoms with Crippen molar-refractivity contribution in [1.82, 2.24) is 10.3 Å². The first-order valence-electron chi connectivity index (χ1n) is 9.39. The van der Waals surface area contributed by atoms with Crippen LogP contribution in [0.5, 0.6) is 0 Å². The van der Waals surface area contributed by atoms with Crippen LogP contribution in [0.25, 0.3) is 10.9 Å². The molecule has 1 heterocycles. The van der Waals surface area contributed by atoms with Gasteiger partial charge in [0.15, 0.2) is 0 Å². The molecule has 0 saturated heterocycles. The van der Waals surface area contributed by atoms with E-state index < -0.39 is 24.0 Å². The molecule has 0 radical (unpaired) electrons. The number of fused-ring (bicyclic) bond motifs is 1. The third kappa shape index (κ3) is 6.09. The first-order valence-corrected chi connectivity index (χ1v) is 9.39. The highest BCUT2D eigenvalue weighted by molar-refractivity contribution is 5.86. The van der Waals surface area contributed by atoms with Gasteiger partial charge in [-0.15, -0.1) is 0 Å². The van der Waals surface area contributed by atoms with E-state index >= 15 is 0 Å². The second kappa shape index (κ2) is 10.5. The number of rotatable bonds is 10. The third-order valence-corrected chi connectivity index (χ3v) is 4.19. The predicted molar refractivity (Wildman–Crippen MR) is 104 cm³/mol. The Bertz CT molecular complexity index is 784. The van der Waals surface area contributed by atoms with Crippen molar-refractivity contribution in [3.63, 3.8) is 0 Å². The van der Waals surface area contributed by atoms with Gasteiger partial charge in [0.25, 0.3) is 0 Å². The van der Waals surface area contributed by atoms with Crippen LogP contribution >= 0.6 is 0 Å². The molecular weight excluding hydrogens is 362 g/mol. The van der Waals surface area contributed by atoms with Crippen molar-refractivity contribution in [2.24, 2.45) is 5.73 Å². The summed E-state index contributed by atoms with van der Waals surface area (Å²) in [4.78, 5) is 39.3. The number of nitrogens with one attached hydrogen (secondary N) is 2. The molecule has 8 nitrogen and oxygen atoms in total. The molecule has 4 N–H and O–H groups in total. The Morgan fingerprint density at radius 1 is 1.11 bits per heavy atom. The van der Waals surface area contributed by atoms with Crippen molar-refractivity contribution in [2.75, 3.05) is 13.2 Å². The Hall–Kier alpha value is -2.87. The van der Waals surface area contributed by atoms with Crippen LogP contribution < -0.4 is 11.1 Å². The predicted octanol–water partition coefficient (Wildman–Crippen LogP) is 1.43. The van der Waals surface area contributed by atoms with Crippen LogP contribution in [0.4, 0.5) is 0 Å². The van der Waals surface area contributed by atoms with Crippen LogP contribution in [-0.2, 0) is 30.3 Å². The van der Waals surface area contributed by atoms with Gasteiger partial charge < -0.3 is 25.5 Å². The lowest BCUT2D eigenvalue weighted by Crippen LogP contribution is -2.44. The van der Waals surface area contributed by atoms with E-state index in [1.54, 1.807) is 13.8 Å². The number of hydrogen-bond acceptors (Lipinski definition) is 6. The smallest absolute Gasteiger partial charge is 0.329 e. The fourth-order valence-electron chi connectivity index (χ4n) is 2.82. The summed E-state index contributed by atoms with van der Waals surface area (Å²) in [7, 11) is 0. The average Bonchev–Trinajstić information content (AvgIpc) is 3.08. The van der Waals surface area contributed by atoms with E-state index in [9.17, 15) is 14.4 Å². The maximum Gasteiger partial charge on any atom is 0.329 e. The van der Waals surface area contributed by atoms with Crippen LogP contribution in [0.2, 0.25) is 0 Å².